The molecular weight excluding hydrogens is 322 g/mol. The van der Waals surface area contributed by atoms with Gasteiger partial charge in [0.05, 0.1) is 25.9 Å². The van der Waals surface area contributed by atoms with Gasteiger partial charge in [-0.3, -0.25) is 9.69 Å². The van der Waals surface area contributed by atoms with E-state index in [1.807, 2.05) is 0 Å². The number of rotatable bonds is 3. The molecule has 2 heterocycles. The maximum Gasteiger partial charge on any atom is 0.170 e. The molecule has 6 nitrogen and oxygen atoms in total. The Bertz CT molecular complexity index is 698. The van der Waals surface area contributed by atoms with E-state index in [1.54, 1.807) is 7.11 Å². The second-order valence-electron chi connectivity index (χ2n) is 7.12. The lowest BCUT2D eigenvalue weighted by atomic mass is 9.75. The highest BCUT2D eigenvalue weighted by molar-refractivity contribution is 6.00. The molecule has 1 N–H and O–H groups in total. The minimum atomic E-state index is -0.463. The first-order chi connectivity index (χ1) is 12.1. The normalized spacial score (nSPS) is 28.8. The molecule has 1 aliphatic carbocycles. The van der Waals surface area contributed by atoms with Gasteiger partial charge in [-0.15, -0.1) is 0 Å². The summed E-state index contributed by atoms with van der Waals surface area (Å²) in [4.78, 5) is 14.7. The molecule has 4 rings (SSSR count). The highest BCUT2D eigenvalue weighted by Gasteiger charge is 2.56. The van der Waals surface area contributed by atoms with Gasteiger partial charge in [-0.2, -0.15) is 0 Å². The van der Waals surface area contributed by atoms with E-state index in [0.29, 0.717) is 30.3 Å². The highest BCUT2D eigenvalue weighted by Crippen LogP contribution is 2.59. The Kier molecular flexibility index (Phi) is 4.12. The Hall–Kier alpha value is -1.79. The number of carbonyl (C=O) groups excluding carboxylic acids is 1. The molecule has 0 spiro atoms. The number of fused-ring (bicyclic) bond motifs is 3. The summed E-state index contributed by atoms with van der Waals surface area (Å²) in [6, 6.07) is 1.50. The van der Waals surface area contributed by atoms with E-state index in [9.17, 15) is 9.90 Å². The molecular formula is C19H25NO5. The largest absolute Gasteiger partial charge is 0.507 e. The molecule has 0 radical (unpaired) electrons. The number of benzene rings is 1. The summed E-state index contributed by atoms with van der Waals surface area (Å²) in [5.74, 6) is 1.04. The fraction of sp³-hybridized carbons (Fsp3) is 0.632. The van der Waals surface area contributed by atoms with Crippen LogP contribution in [0.4, 0.5) is 0 Å². The predicted molar refractivity (Wildman–Crippen MR) is 91.6 cm³/mol. The molecule has 2 atom stereocenters. The molecule has 2 fully saturated rings. The standard InChI is InChI=1S/C19H25NO5/c1-12(21)16-14(22)11-15(23-2)18-17(16)13-5-3-4-6-19(13,25-18)20-7-9-24-10-8-20/h11,13,22H,3-10H2,1-2H3/t13-,19+/m1/s1. The van der Waals surface area contributed by atoms with Crippen molar-refractivity contribution >= 4 is 5.78 Å². The average molecular weight is 347 g/mol. The number of methoxy groups -OCH3 is 1. The molecule has 1 saturated carbocycles. The van der Waals surface area contributed by atoms with E-state index in [0.717, 1.165) is 44.3 Å². The topological polar surface area (TPSA) is 68.2 Å². The summed E-state index contributed by atoms with van der Waals surface area (Å²) in [5.41, 5.74) is 0.753. The minimum Gasteiger partial charge on any atom is -0.507 e. The number of phenolic OH excluding ortho intramolecular Hbond substituents is 1. The van der Waals surface area contributed by atoms with Gasteiger partial charge in [0.25, 0.3) is 0 Å². The number of Topliss-reactive ketones (excluding diaryl/α,β-unsaturated/α-hetero) is 1. The van der Waals surface area contributed by atoms with Crippen LogP contribution in [0.5, 0.6) is 17.2 Å². The van der Waals surface area contributed by atoms with E-state index < -0.39 is 5.72 Å². The number of ether oxygens (including phenoxy) is 3. The first kappa shape index (κ1) is 16.7. The van der Waals surface area contributed by atoms with Crippen LogP contribution in [-0.2, 0) is 4.74 Å². The van der Waals surface area contributed by atoms with Crippen LogP contribution < -0.4 is 9.47 Å². The number of nitrogens with zero attached hydrogens (tertiary/aromatic N) is 1. The van der Waals surface area contributed by atoms with E-state index in [1.165, 1.54) is 13.0 Å². The summed E-state index contributed by atoms with van der Waals surface area (Å²) in [6.45, 7) is 4.51. The highest BCUT2D eigenvalue weighted by atomic mass is 16.6. The lowest BCUT2D eigenvalue weighted by Gasteiger charge is -2.48. The van der Waals surface area contributed by atoms with Gasteiger partial charge >= 0.3 is 0 Å². The van der Waals surface area contributed by atoms with Crippen LogP contribution in [-0.4, -0.2) is 54.9 Å². The van der Waals surface area contributed by atoms with Crippen LogP contribution in [0.15, 0.2) is 6.07 Å². The molecule has 2 aliphatic heterocycles. The molecule has 0 aromatic heterocycles. The van der Waals surface area contributed by atoms with E-state index >= 15 is 0 Å². The van der Waals surface area contributed by atoms with Crippen molar-refractivity contribution in [2.45, 2.75) is 44.2 Å². The number of hydrogen-bond donors (Lipinski definition) is 1. The molecule has 0 amide bonds. The van der Waals surface area contributed by atoms with Crippen LogP contribution in [0.3, 0.4) is 0 Å². The maximum atomic E-state index is 12.3. The smallest absolute Gasteiger partial charge is 0.170 e. The average Bonchev–Trinajstić information content (AvgIpc) is 2.98. The van der Waals surface area contributed by atoms with Gasteiger partial charge in [-0.1, -0.05) is 6.42 Å². The summed E-state index contributed by atoms with van der Waals surface area (Å²) in [5, 5.41) is 10.5. The van der Waals surface area contributed by atoms with Gasteiger partial charge in [0.15, 0.2) is 23.0 Å². The summed E-state index contributed by atoms with van der Waals surface area (Å²) in [6.07, 6.45) is 4.03. The van der Waals surface area contributed by atoms with Gasteiger partial charge < -0.3 is 19.3 Å². The number of aromatic hydroxyl groups is 1. The van der Waals surface area contributed by atoms with Crippen molar-refractivity contribution in [3.05, 3.63) is 17.2 Å². The molecule has 1 aromatic carbocycles. The zero-order chi connectivity index (χ0) is 17.6. The Balaban J connectivity index is 1.88. The molecule has 6 heteroatoms. The SMILES string of the molecule is COc1cc(O)c(C(C)=O)c2c1O[C@@]1(N3CCOCC3)CCCC[C@H]21. The zero-order valence-corrected chi connectivity index (χ0v) is 14.8. The molecule has 25 heavy (non-hydrogen) atoms. The Morgan fingerprint density at radius 2 is 2.12 bits per heavy atom. The lowest BCUT2D eigenvalue weighted by molar-refractivity contribution is -0.139. The summed E-state index contributed by atoms with van der Waals surface area (Å²) in [7, 11) is 1.56. The number of ketones is 1. The van der Waals surface area contributed by atoms with Gasteiger partial charge in [-0.05, 0) is 19.8 Å². The quantitative estimate of drug-likeness (QED) is 0.848. The fourth-order valence-corrected chi connectivity index (χ4v) is 4.79. The monoisotopic (exact) mass is 347 g/mol. The van der Waals surface area contributed by atoms with E-state index in [2.05, 4.69) is 4.90 Å². The Morgan fingerprint density at radius 1 is 1.36 bits per heavy atom. The van der Waals surface area contributed by atoms with Crippen LogP contribution in [0.1, 0.15) is 54.4 Å². The van der Waals surface area contributed by atoms with Gasteiger partial charge in [0.1, 0.15) is 5.75 Å². The Labute approximate surface area is 147 Å². The van der Waals surface area contributed by atoms with Crippen LogP contribution in [0.2, 0.25) is 0 Å². The molecule has 0 bridgehead atoms. The van der Waals surface area contributed by atoms with E-state index in [-0.39, 0.29) is 17.5 Å². The predicted octanol–water partition coefficient (Wildman–Crippen LogP) is 2.68. The van der Waals surface area contributed by atoms with Crippen molar-refractivity contribution in [1.29, 1.82) is 0 Å². The van der Waals surface area contributed by atoms with Gasteiger partial charge in [0, 0.05) is 37.1 Å². The van der Waals surface area contributed by atoms with Crippen molar-refractivity contribution < 1.29 is 24.1 Å². The second-order valence-corrected chi connectivity index (χ2v) is 7.12. The maximum absolute atomic E-state index is 12.3. The lowest BCUT2D eigenvalue weighted by Crippen LogP contribution is -2.59. The van der Waals surface area contributed by atoms with Crippen LogP contribution >= 0.6 is 0 Å². The number of hydrogen-bond acceptors (Lipinski definition) is 6. The first-order valence-corrected chi connectivity index (χ1v) is 9.05. The van der Waals surface area contributed by atoms with Crippen molar-refractivity contribution in [2.75, 3.05) is 33.4 Å². The molecule has 136 valence electrons. The first-order valence-electron chi connectivity index (χ1n) is 9.05. The van der Waals surface area contributed by atoms with Crippen molar-refractivity contribution in [3.8, 4) is 17.2 Å². The van der Waals surface area contributed by atoms with E-state index in [4.69, 9.17) is 14.2 Å². The summed E-state index contributed by atoms with van der Waals surface area (Å²) < 4.78 is 17.6. The van der Waals surface area contributed by atoms with Gasteiger partial charge in [-0.25, -0.2) is 0 Å². The third-order valence-electron chi connectivity index (χ3n) is 5.83. The van der Waals surface area contributed by atoms with Crippen LogP contribution in [0, 0.1) is 0 Å². The van der Waals surface area contributed by atoms with Crippen molar-refractivity contribution in [1.82, 2.24) is 4.90 Å². The molecule has 0 unspecified atom stereocenters. The summed E-state index contributed by atoms with van der Waals surface area (Å²) >= 11 is 0. The minimum absolute atomic E-state index is 0.0185. The fourth-order valence-electron chi connectivity index (χ4n) is 4.79. The molecule has 1 saturated heterocycles. The second kappa shape index (κ2) is 6.18. The van der Waals surface area contributed by atoms with Crippen LogP contribution in [0.25, 0.3) is 0 Å². The number of carbonyl (C=O) groups is 1. The molecule has 3 aliphatic rings. The Morgan fingerprint density at radius 3 is 2.80 bits per heavy atom. The number of phenols is 1. The third-order valence-corrected chi connectivity index (χ3v) is 5.83. The zero-order valence-electron chi connectivity index (χ0n) is 14.8. The third kappa shape index (κ3) is 2.42. The van der Waals surface area contributed by atoms with Gasteiger partial charge in [0.2, 0.25) is 0 Å². The van der Waals surface area contributed by atoms with Crippen molar-refractivity contribution in [2.24, 2.45) is 0 Å². The molecule has 1 aromatic rings. The van der Waals surface area contributed by atoms with Crippen molar-refractivity contribution in [3.63, 3.8) is 0 Å². The number of morpholine rings is 1.